The highest BCUT2D eigenvalue weighted by molar-refractivity contribution is 5.94. The molecule has 1 saturated heterocycles. The van der Waals surface area contributed by atoms with Gasteiger partial charge in [0, 0.05) is 25.2 Å². The zero-order valence-corrected chi connectivity index (χ0v) is 13.8. The van der Waals surface area contributed by atoms with Crippen LogP contribution in [0.1, 0.15) is 37.6 Å². The standard InChI is InChI=1S/C18H27NO3/c1-13-8-14(2)10-19(9-13)11-17(21)12-22-18-6-4-16(5-7-18)15(3)20/h4-7,13-14,17,21H,8-12H2,1-3H3/t13-,14-,17+/m0/s1. The minimum absolute atomic E-state index is 0.0416. The number of aliphatic hydroxyl groups excluding tert-OH is 1. The SMILES string of the molecule is CC(=O)c1ccc(OC[C@H](O)CN2C[C@@H](C)C[C@H](C)C2)cc1. The van der Waals surface area contributed by atoms with E-state index in [1.54, 1.807) is 31.2 Å². The Kier molecular flexibility index (Phi) is 5.98. The fraction of sp³-hybridized carbons (Fsp3) is 0.611. The highest BCUT2D eigenvalue weighted by Crippen LogP contribution is 2.21. The molecule has 1 aromatic rings. The van der Waals surface area contributed by atoms with Gasteiger partial charge in [-0.2, -0.15) is 0 Å². The maximum atomic E-state index is 11.2. The first kappa shape index (κ1) is 17.0. The first-order valence-electron chi connectivity index (χ1n) is 8.08. The van der Waals surface area contributed by atoms with Crippen LogP contribution in [0.3, 0.4) is 0 Å². The maximum Gasteiger partial charge on any atom is 0.159 e. The van der Waals surface area contributed by atoms with Crippen molar-refractivity contribution in [3.05, 3.63) is 29.8 Å². The molecule has 0 saturated carbocycles. The van der Waals surface area contributed by atoms with Gasteiger partial charge in [0.2, 0.25) is 0 Å². The van der Waals surface area contributed by atoms with Crippen LogP contribution in [0.2, 0.25) is 0 Å². The average molecular weight is 305 g/mol. The fourth-order valence-electron chi connectivity index (χ4n) is 3.27. The Labute approximate surface area is 133 Å². The molecule has 2 rings (SSSR count). The van der Waals surface area contributed by atoms with Crippen molar-refractivity contribution in [1.29, 1.82) is 0 Å². The number of β-amino-alcohol motifs (C(OH)–C–C–N with tert-alkyl or cyclic N) is 1. The first-order chi connectivity index (χ1) is 10.4. The maximum absolute atomic E-state index is 11.2. The zero-order chi connectivity index (χ0) is 16.1. The van der Waals surface area contributed by atoms with Crippen molar-refractivity contribution in [3.8, 4) is 5.75 Å². The van der Waals surface area contributed by atoms with Gasteiger partial charge < -0.3 is 14.7 Å². The quantitative estimate of drug-likeness (QED) is 0.821. The van der Waals surface area contributed by atoms with E-state index in [1.807, 2.05) is 0 Å². The van der Waals surface area contributed by atoms with Crippen molar-refractivity contribution in [3.63, 3.8) is 0 Å². The van der Waals surface area contributed by atoms with E-state index < -0.39 is 6.10 Å². The summed E-state index contributed by atoms with van der Waals surface area (Å²) in [6.45, 7) is 9.10. The predicted octanol–water partition coefficient (Wildman–Crippen LogP) is 2.61. The molecule has 1 heterocycles. The van der Waals surface area contributed by atoms with Crippen LogP contribution < -0.4 is 4.74 Å². The van der Waals surface area contributed by atoms with Crippen LogP contribution in [-0.4, -0.2) is 48.1 Å². The summed E-state index contributed by atoms with van der Waals surface area (Å²) in [6.07, 6.45) is 0.774. The molecular formula is C18H27NO3. The lowest BCUT2D eigenvalue weighted by molar-refractivity contribution is 0.0429. The van der Waals surface area contributed by atoms with Gasteiger partial charge in [0.05, 0.1) is 0 Å². The molecular weight excluding hydrogens is 278 g/mol. The lowest BCUT2D eigenvalue weighted by atomic mass is 9.92. The molecule has 122 valence electrons. The highest BCUT2D eigenvalue weighted by atomic mass is 16.5. The molecule has 0 spiro atoms. The van der Waals surface area contributed by atoms with E-state index in [2.05, 4.69) is 18.7 Å². The smallest absolute Gasteiger partial charge is 0.159 e. The van der Waals surface area contributed by atoms with Gasteiger partial charge in [0.1, 0.15) is 18.5 Å². The molecule has 0 radical (unpaired) electrons. The van der Waals surface area contributed by atoms with E-state index >= 15 is 0 Å². The van der Waals surface area contributed by atoms with Crippen molar-refractivity contribution in [2.24, 2.45) is 11.8 Å². The Morgan fingerprint density at radius 1 is 1.27 bits per heavy atom. The topological polar surface area (TPSA) is 49.8 Å². The lowest BCUT2D eigenvalue weighted by Gasteiger charge is -2.35. The van der Waals surface area contributed by atoms with E-state index in [0.29, 0.717) is 29.7 Å². The van der Waals surface area contributed by atoms with Crippen molar-refractivity contribution >= 4 is 5.78 Å². The molecule has 3 atom stereocenters. The molecule has 0 aliphatic carbocycles. The number of ether oxygens (including phenoxy) is 1. The predicted molar refractivity (Wildman–Crippen MR) is 87.3 cm³/mol. The number of ketones is 1. The Morgan fingerprint density at radius 3 is 2.41 bits per heavy atom. The van der Waals surface area contributed by atoms with Crippen LogP contribution in [0.4, 0.5) is 0 Å². The summed E-state index contributed by atoms with van der Waals surface area (Å²) in [5, 5.41) is 10.2. The second-order valence-corrected chi connectivity index (χ2v) is 6.71. The van der Waals surface area contributed by atoms with Crippen LogP contribution in [-0.2, 0) is 0 Å². The van der Waals surface area contributed by atoms with E-state index in [1.165, 1.54) is 6.42 Å². The van der Waals surface area contributed by atoms with Crippen molar-refractivity contribution < 1.29 is 14.6 Å². The summed E-state index contributed by atoms with van der Waals surface area (Å²) in [6, 6.07) is 7.04. The third-order valence-corrected chi connectivity index (χ3v) is 4.12. The van der Waals surface area contributed by atoms with E-state index in [-0.39, 0.29) is 12.4 Å². The Morgan fingerprint density at radius 2 is 1.86 bits per heavy atom. The van der Waals surface area contributed by atoms with E-state index in [4.69, 9.17) is 4.74 Å². The highest BCUT2D eigenvalue weighted by Gasteiger charge is 2.23. The first-order valence-corrected chi connectivity index (χ1v) is 8.08. The molecule has 0 bridgehead atoms. The number of piperidine rings is 1. The summed E-state index contributed by atoms with van der Waals surface area (Å²) < 4.78 is 5.61. The van der Waals surface area contributed by atoms with Crippen molar-refractivity contribution in [2.45, 2.75) is 33.3 Å². The van der Waals surface area contributed by atoms with Gasteiger partial charge in [-0.3, -0.25) is 4.79 Å². The fourth-order valence-corrected chi connectivity index (χ4v) is 3.27. The van der Waals surface area contributed by atoms with Gasteiger partial charge in [-0.1, -0.05) is 13.8 Å². The Bertz CT molecular complexity index is 476. The summed E-state index contributed by atoms with van der Waals surface area (Å²) in [5.41, 5.74) is 0.671. The molecule has 1 fully saturated rings. The van der Waals surface area contributed by atoms with Gasteiger partial charge >= 0.3 is 0 Å². The second-order valence-electron chi connectivity index (χ2n) is 6.71. The Hall–Kier alpha value is -1.39. The van der Waals surface area contributed by atoms with Crippen LogP contribution in [0.25, 0.3) is 0 Å². The van der Waals surface area contributed by atoms with Crippen molar-refractivity contribution in [1.82, 2.24) is 4.90 Å². The zero-order valence-electron chi connectivity index (χ0n) is 13.8. The number of aliphatic hydroxyl groups is 1. The van der Waals surface area contributed by atoms with Gasteiger partial charge in [0.25, 0.3) is 0 Å². The third kappa shape index (κ3) is 5.11. The van der Waals surface area contributed by atoms with Crippen LogP contribution >= 0.6 is 0 Å². The molecule has 1 aliphatic heterocycles. The molecule has 1 aromatic carbocycles. The van der Waals surface area contributed by atoms with Gasteiger partial charge in [-0.25, -0.2) is 0 Å². The van der Waals surface area contributed by atoms with Crippen LogP contribution in [0, 0.1) is 11.8 Å². The molecule has 0 amide bonds. The van der Waals surface area contributed by atoms with Crippen LogP contribution in [0.15, 0.2) is 24.3 Å². The van der Waals surface area contributed by atoms with Crippen LogP contribution in [0.5, 0.6) is 5.75 Å². The van der Waals surface area contributed by atoms with Gasteiger partial charge in [-0.05, 0) is 49.4 Å². The lowest BCUT2D eigenvalue weighted by Crippen LogP contribution is -2.43. The molecule has 4 nitrogen and oxygen atoms in total. The number of carbonyl (C=O) groups excluding carboxylic acids is 1. The Balaban J connectivity index is 1.77. The molecule has 4 heteroatoms. The third-order valence-electron chi connectivity index (χ3n) is 4.12. The van der Waals surface area contributed by atoms with Gasteiger partial charge in [-0.15, -0.1) is 0 Å². The number of hydrogen-bond acceptors (Lipinski definition) is 4. The number of carbonyl (C=O) groups is 1. The summed E-state index contributed by atoms with van der Waals surface area (Å²) in [5.74, 6) is 2.11. The normalized spacial score (nSPS) is 24.0. The number of likely N-dealkylation sites (tertiary alicyclic amines) is 1. The number of nitrogens with zero attached hydrogens (tertiary/aromatic N) is 1. The average Bonchev–Trinajstić information content (AvgIpc) is 2.44. The number of Topliss-reactive ketones (excluding diaryl/α,β-unsaturated/α-hetero) is 1. The molecule has 1 N–H and O–H groups in total. The summed E-state index contributed by atoms with van der Waals surface area (Å²) in [4.78, 5) is 13.5. The monoisotopic (exact) mass is 305 g/mol. The number of benzene rings is 1. The summed E-state index contributed by atoms with van der Waals surface area (Å²) in [7, 11) is 0. The van der Waals surface area contributed by atoms with Crippen molar-refractivity contribution in [2.75, 3.05) is 26.2 Å². The molecule has 22 heavy (non-hydrogen) atoms. The summed E-state index contributed by atoms with van der Waals surface area (Å²) >= 11 is 0. The van der Waals surface area contributed by atoms with Gasteiger partial charge in [0.15, 0.2) is 5.78 Å². The van der Waals surface area contributed by atoms with E-state index in [0.717, 1.165) is 13.1 Å². The number of rotatable bonds is 6. The number of hydrogen-bond donors (Lipinski definition) is 1. The molecule has 0 unspecified atom stereocenters. The second kappa shape index (κ2) is 7.75. The largest absolute Gasteiger partial charge is 0.491 e. The minimum Gasteiger partial charge on any atom is -0.491 e. The van der Waals surface area contributed by atoms with E-state index in [9.17, 15) is 9.90 Å². The molecule has 1 aliphatic rings. The molecule has 0 aromatic heterocycles. The minimum atomic E-state index is -0.495.